The number of nitrogens with zero attached hydrogens (tertiary/aromatic N) is 1. The Morgan fingerprint density at radius 3 is 2.55 bits per heavy atom. The van der Waals surface area contributed by atoms with E-state index in [0.29, 0.717) is 12.5 Å². The normalized spacial score (nSPS) is 22.0. The lowest BCUT2D eigenvalue weighted by Gasteiger charge is -2.48. The van der Waals surface area contributed by atoms with Crippen molar-refractivity contribution in [2.24, 2.45) is 11.8 Å². The van der Waals surface area contributed by atoms with E-state index in [-0.39, 0.29) is 17.9 Å². The van der Waals surface area contributed by atoms with Gasteiger partial charge >= 0.3 is 0 Å². The van der Waals surface area contributed by atoms with Gasteiger partial charge in [0.15, 0.2) is 0 Å². The van der Waals surface area contributed by atoms with Gasteiger partial charge in [0.25, 0.3) is 5.91 Å². The lowest BCUT2D eigenvalue weighted by molar-refractivity contribution is -0.255. The molecule has 0 bridgehead atoms. The number of carbonyl (C=O) groups excluding carboxylic acids is 1. The van der Waals surface area contributed by atoms with Crippen LogP contribution in [0.25, 0.3) is 0 Å². The fourth-order valence-corrected chi connectivity index (χ4v) is 2.72. The van der Waals surface area contributed by atoms with E-state index in [1.807, 2.05) is 37.3 Å². The number of carbonyl (C=O) groups is 1. The second-order valence-electron chi connectivity index (χ2n) is 5.93. The quantitative estimate of drug-likeness (QED) is 0.586. The maximum atomic E-state index is 12.2. The number of hydroxylamine groups is 2. The lowest BCUT2D eigenvalue weighted by Crippen LogP contribution is -2.62. The fourth-order valence-electron chi connectivity index (χ4n) is 2.72. The molecule has 108 valence electrons. The highest BCUT2D eigenvalue weighted by Gasteiger charge is 2.49. The van der Waals surface area contributed by atoms with Crippen LogP contribution in [0.2, 0.25) is 0 Å². The van der Waals surface area contributed by atoms with E-state index in [0.717, 1.165) is 17.6 Å². The van der Waals surface area contributed by atoms with Crippen molar-refractivity contribution in [3.63, 3.8) is 0 Å². The van der Waals surface area contributed by atoms with Crippen LogP contribution in [-0.4, -0.2) is 17.0 Å². The van der Waals surface area contributed by atoms with E-state index >= 15 is 0 Å². The summed E-state index contributed by atoms with van der Waals surface area (Å²) < 4.78 is 0. The lowest BCUT2D eigenvalue weighted by atomic mass is 9.79. The third-order valence-corrected chi connectivity index (χ3v) is 3.68. The van der Waals surface area contributed by atoms with E-state index in [1.54, 1.807) is 5.06 Å². The SMILES string of the molecule is C=C(C)C[C@H]1C(=O)N(OCc2ccccc2)C1C(C)C. The third-order valence-electron chi connectivity index (χ3n) is 3.68. The topological polar surface area (TPSA) is 29.5 Å². The summed E-state index contributed by atoms with van der Waals surface area (Å²) in [6, 6.07) is 10.1. The molecule has 0 aromatic heterocycles. The number of amides is 1. The summed E-state index contributed by atoms with van der Waals surface area (Å²) in [5.74, 6) is 0.499. The van der Waals surface area contributed by atoms with Gasteiger partial charge in [-0.05, 0) is 24.8 Å². The summed E-state index contributed by atoms with van der Waals surface area (Å²) >= 11 is 0. The summed E-state index contributed by atoms with van der Waals surface area (Å²) in [6.45, 7) is 10.6. The van der Waals surface area contributed by atoms with Crippen molar-refractivity contribution >= 4 is 5.91 Å². The zero-order chi connectivity index (χ0) is 14.7. The summed E-state index contributed by atoms with van der Waals surface area (Å²) in [5, 5.41) is 1.56. The molecule has 0 radical (unpaired) electrons. The molecule has 1 amide bonds. The highest BCUT2D eigenvalue weighted by atomic mass is 16.7. The molecule has 0 aliphatic carbocycles. The average Bonchev–Trinajstić information content (AvgIpc) is 2.41. The van der Waals surface area contributed by atoms with Crippen LogP contribution < -0.4 is 0 Å². The summed E-state index contributed by atoms with van der Waals surface area (Å²) in [4.78, 5) is 17.9. The molecule has 1 aromatic rings. The summed E-state index contributed by atoms with van der Waals surface area (Å²) in [6.07, 6.45) is 0.757. The molecule has 1 saturated heterocycles. The average molecular weight is 273 g/mol. The van der Waals surface area contributed by atoms with E-state index in [1.165, 1.54) is 0 Å². The molecule has 0 saturated carbocycles. The maximum absolute atomic E-state index is 12.2. The van der Waals surface area contributed by atoms with Crippen molar-refractivity contribution in [1.82, 2.24) is 5.06 Å². The van der Waals surface area contributed by atoms with Gasteiger partial charge in [0, 0.05) is 0 Å². The Morgan fingerprint density at radius 1 is 1.35 bits per heavy atom. The minimum atomic E-state index is 0.0308. The fraction of sp³-hybridized carbons (Fsp3) is 0.471. The van der Waals surface area contributed by atoms with E-state index in [2.05, 4.69) is 20.4 Å². The van der Waals surface area contributed by atoms with Gasteiger partial charge in [0.2, 0.25) is 0 Å². The molecule has 3 heteroatoms. The Morgan fingerprint density at radius 2 is 2.00 bits per heavy atom. The van der Waals surface area contributed by atoms with Gasteiger partial charge in [-0.15, -0.1) is 6.58 Å². The minimum absolute atomic E-state index is 0.0308. The van der Waals surface area contributed by atoms with Crippen LogP contribution in [0.3, 0.4) is 0 Å². The predicted molar refractivity (Wildman–Crippen MR) is 79.6 cm³/mol. The van der Waals surface area contributed by atoms with E-state index in [9.17, 15) is 4.79 Å². The van der Waals surface area contributed by atoms with Gasteiger partial charge in [-0.2, -0.15) is 0 Å². The molecule has 1 unspecified atom stereocenters. The van der Waals surface area contributed by atoms with Crippen LogP contribution >= 0.6 is 0 Å². The van der Waals surface area contributed by atoms with Crippen molar-refractivity contribution in [3.05, 3.63) is 48.0 Å². The Labute approximate surface area is 121 Å². The number of allylic oxidation sites excluding steroid dienone is 1. The smallest absolute Gasteiger partial charge is 0.252 e. The number of rotatable bonds is 6. The maximum Gasteiger partial charge on any atom is 0.252 e. The van der Waals surface area contributed by atoms with Crippen molar-refractivity contribution < 1.29 is 9.63 Å². The second kappa shape index (κ2) is 6.23. The molecule has 3 nitrogen and oxygen atoms in total. The zero-order valence-electron chi connectivity index (χ0n) is 12.5. The van der Waals surface area contributed by atoms with Gasteiger partial charge < -0.3 is 0 Å². The molecular formula is C17H23NO2. The first-order valence-electron chi connectivity index (χ1n) is 7.15. The number of hydrogen-bond donors (Lipinski definition) is 0. The molecule has 1 heterocycles. The van der Waals surface area contributed by atoms with Crippen molar-refractivity contribution in [3.8, 4) is 0 Å². The molecule has 0 N–H and O–H groups in total. The van der Waals surface area contributed by atoms with Crippen LogP contribution in [0.5, 0.6) is 0 Å². The van der Waals surface area contributed by atoms with Gasteiger partial charge in [0.05, 0.1) is 12.0 Å². The first-order chi connectivity index (χ1) is 9.50. The standard InChI is InChI=1S/C17H23NO2/c1-12(2)10-15-16(13(3)4)18(17(15)19)20-11-14-8-6-5-7-9-14/h5-9,13,15-16H,1,10-11H2,2-4H3/t15-,16?/m1/s1. The Kier molecular flexibility index (Phi) is 4.61. The van der Waals surface area contributed by atoms with E-state index in [4.69, 9.17) is 4.84 Å². The van der Waals surface area contributed by atoms with Gasteiger partial charge in [0.1, 0.15) is 6.61 Å². The summed E-state index contributed by atoms with van der Waals surface area (Å²) in [7, 11) is 0. The first-order valence-corrected chi connectivity index (χ1v) is 7.15. The van der Waals surface area contributed by atoms with Crippen LogP contribution in [-0.2, 0) is 16.2 Å². The second-order valence-corrected chi connectivity index (χ2v) is 5.93. The van der Waals surface area contributed by atoms with Crippen LogP contribution in [0, 0.1) is 11.8 Å². The molecule has 1 aliphatic rings. The number of β-lactam (4-membered cyclic amide) rings is 1. The third kappa shape index (κ3) is 3.10. The number of hydrogen-bond acceptors (Lipinski definition) is 2. The molecule has 1 fully saturated rings. The summed E-state index contributed by atoms with van der Waals surface area (Å²) in [5.41, 5.74) is 2.13. The van der Waals surface area contributed by atoms with Crippen LogP contribution in [0.1, 0.15) is 32.8 Å². The largest absolute Gasteiger partial charge is 0.272 e. The monoisotopic (exact) mass is 273 g/mol. The minimum Gasteiger partial charge on any atom is -0.272 e. The van der Waals surface area contributed by atoms with Crippen LogP contribution in [0.15, 0.2) is 42.5 Å². The molecule has 1 aliphatic heterocycles. The van der Waals surface area contributed by atoms with Gasteiger partial charge in [-0.3, -0.25) is 9.63 Å². The molecule has 2 atom stereocenters. The van der Waals surface area contributed by atoms with Gasteiger partial charge in [-0.25, -0.2) is 5.06 Å². The molecule has 2 rings (SSSR count). The van der Waals surface area contributed by atoms with Crippen molar-refractivity contribution in [2.75, 3.05) is 0 Å². The Balaban J connectivity index is 1.97. The highest BCUT2D eigenvalue weighted by Crippen LogP contribution is 2.36. The Bertz CT molecular complexity index is 481. The molecule has 0 spiro atoms. The zero-order valence-corrected chi connectivity index (χ0v) is 12.5. The van der Waals surface area contributed by atoms with Gasteiger partial charge in [-0.1, -0.05) is 49.8 Å². The Hall–Kier alpha value is -1.61. The molecular weight excluding hydrogens is 250 g/mol. The van der Waals surface area contributed by atoms with Crippen molar-refractivity contribution in [2.45, 2.75) is 39.8 Å². The predicted octanol–water partition coefficient (Wildman–Crippen LogP) is 3.57. The van der Waals surface area contributed by atoms with Crippen LogP contribution in [0.4, 0.5) is 0 Å². The van der Waals surface area contributed by atoms with E-state index < -0.39 is 0 Å². The highest BCUT2D eigenvalue weighted by molar-refractivity contribution is 5.85. The first kappa shape index (κ1) is 14.8. The van der Waals surface area contributed by atoms with Crippen molar-refractivity contribution in [1.29, 1.82) is 0 Å². The number of benzene rings is 1. The molecule has 1 aromatic carbocycles. The molecule has 20 heavy (non-hydrogen) atoms.